The van der Waals surface area contributed by atoms with Crippen molar-refractivity contribution in [3.05, 3.63) is 60.3 Å². The van der Waals surface area contributed by atoms with Crippen LogP contribution in [-0.4, -0.2) is 4.98 Å². The number of aromatic nitrogens is 1. The number of nitrogens with one attached hydrogen (secondary N) is 1. The minimum absolute atomic E-state index is 0.111. The van der Waals surface area contributed by atoms with Crippen molar-refractivity contribution in [1.29, 1.82) is 0 Å². The van der Waals surface area contributed by atoms with Crippen LogP contribution in [0.15, 0.2) is 48.7 Å². The number of nitrogens with zero attached hydrogens (tertiary/aromatic N) is 1. The maximum Gasteiger partial charge on any atom is 0.150 e. The predicted molar refractivity (Wildman–Crippen MR) is 75.8 cm³/mol. The Hall–Kier alpha value is -2.69. The molecule has 3 nitrogen and oxygen atoms in total. The zero-order chi connectivity index (χ0) is 14.1. The number of fused-ring (bicyclic) bond motifs is 1. The van der Waals surface area contributed by atoms with Gasteiger partial charge < -0.3 is 11.1 Å². The van der Waals surface area contributed by atoms with E-state index in [0.717, 1.165) is 0 Å². The van der Waals surface area contributed by atoms with Crippen molar-refractivity contribution in [3.8, 4) is 0 Å². The highest BCUT2D eigenvalue weighted by Gasteiger charge is 2.13. The summed E-state index contributed by atoms with van der Waals surface area (Å²) in [5, 5.41) is 3.36. The van der Waals surface area contributed by atoms with E-state index in [9.17, 15) is 8.78 Å². The Morgan fingerprint density at radius 2 is 1.80 bits per heavy atom. The monoisotopic (exact) mass is 271 g/mol. The van der Waals surface area contributed by atoms with Crippen LogP contribution in [0.3, 0.4) is 0 Å². The zero-order valence-corrected chi connectivity index (χ0v) is 10.4. The van der Waals surface area contributed by atoms with Gasteiger partial charge >= 0.3 is 0 Å². The topological polar surface area (TPSA) is 50.9 Å². The molecule has 5 heteroatoms. The van der Waals surface area contributed by atoms with E-state index in [0.29, 0.717) is 16.6 Å². The Morgan fingerprint density at radius 1 is 1.00 bits per heavy atom. The zero-order valence-electron chi connectivity index (χ0n) is 10.4. The second-order valence-corrected chi connectivity index (χ2v) is 4.33. The molecule has 0 aliphatic carbocycles. The van der Waals surface area contributed by atoms with Crippen molar-refractivity contribution in [2.24, 2.45) is 0 Å². The third-order valence-electron chi connectivity index (χ3n) is 3.01. The molecular formula is C15H11F2N3. The number of nitrogens with two attached hydrogens (primary N) is 1. The maximum atomic E-state index is 14.1. The minimum atomic E-state index is -0.572. The molecular weight excluding hydrogens is 260 g/mol. The summed E-state index contributed by atoms with van der Waals surface area (Å²) in [6.45, 7) is 0. The lowest BCUT2D eigenvalue weighted by molar-refractivity contribution is 0.626. The third-order valence-corrected chi connectivity index (χ3v) is 3.01. The summed E-state index contributed by atoms with van der Waals surface area (Å²) in [7, 11) is 0. The van der Waals surface area contributed by atoms with E-state index in [2.05, 4.69) is 10.3 Å². The fourth-order valence-electron chi connectivity index (χ4n) is 2.05. The van der Waals surface area contributed by atoms with Gasteiger partial charge in [0.1, 0.15) is 11.5 Å². The molecule has 0 unspecified atom stereocenters. The first-order valence-corrected chi connectivity index (χ1v) is 6.01. The van der Waals surface area contributed by atoms with Gasteiger partial charge in [-0.05, 0) is 30.3 Å². The van der Waals surface area contributed by atoms with Crippen LogP contribution in [0.4, 0.5) is 25.8 Å². The summed E-state index contributed by atoms with van der Waals surface area (Å²) in [5.41, 5.74) is 6.73. The van der Waals surface area contributed by atoms with Crippen molar-refractivity contribution in [2.75, 3.05) is 11.1 Å². The van der Waals surface area contributed by atoms with E-state index < -0.39 is 11.6 Å². The number of hydrogen-bond acceptors (Lipinski definition) is 3. The molecule has 0 aliphatic heterocycles. The molecule has 1 aromatic heterocycles. The minimum Gasteiger partial charge on any atom is -0.398 e. The molecule has 0 atom stereocenters. The van der Waals surface area contributed by atoms with E-state index >= 15 is 0 Å². The lowest BCUT2D eigenvalue weighted by Gasteiger charge is -2.12. The average Bonchev–Trinajstić information content (AvgIpc) is 2.45. The third kappa shape index (κ3) is 2.03. The van der Waals surface area contributed by atoms with Gasteiger partial charge in [-0.1, -0.05) is 12.1 Å². The summed E-state index contributed by atoms with van der Waals surface area (Å²) < 4.78 is 27.7. The van der Waals surface area contributed by atoms with Crippen molar-refractivity contribution in [1.82, 2.24) is 4.98 Å². The largest absolute Gasteiger partial charge is 0.398 e. The van der Waals surface area contributed by atoms with Crippen LogP contribution in [0.5, 0.6) is 0 Å². The van der Waals surface area contributed by atoms with Gasteiger partial charge in [0.15, 0.2) is 5.82 Å². The van der Waals surface area contributed by atoms with Crippen LogP contribution in [-0.2, 0) is 0 Å². The first-order valence-electron chi connectivity index (χ1n) is 6.01. The molecule has 0 saturated heterocycles. The second kappa shape index (κ2) is 4.77. The number of nitrogen functional groups attached to an aromatic ring is 1. The van der Waals surface area contributed by atoms with Gasteiger partial charge in [-0.3, -0.25) is 4.98 Å². The summed E-state index contributed by atoms with van der Waals surface area (Å²) in [6, 6.07) is 10.7. The molecule has 3 rings (SSSR count). The van der Waals surface area contributed by atoms with E-state index in [4.69, 9.17) is 5.73 Å². The molecule has 100 valence electrons. The highest BCUT2D eigenvalue weighted by molar-refractivity contribution is 5.99. The van der Waals surface area contributed by atoms with Crippen LogP contribution in [0, 0.1) is 11.6 Å². The average molecular weight is 271 g/mol. The predicted octanol–water partition coefficient (Wildman–Crippen LogP) is 3.84. The van der Waals surface area contributed by atoms with Crippen LogP contribution < -0.4 is 11.1 Å². The van der Waals surface area contributed by atoms with Gasteiger partial charge in [0, 0.05) is 17.3 Å². The van der Waals surface area contributed by atoms with Crippen molar-refractivity contribution in [2.45, 2.75) is 0 Å². The molecule has 0 radical (unpaired) electrons. The molecule has 0 fully saturated rings. The number of halogens is 2. The van der Waals surface area contributed by atoms with Gasteiger partial charge in [-0.15, -0.1) is 0 Å². The summed E-state index contributed by atoms with van der Waals surface area (Å²) >= 11 is 0. The van der Waals surface area contributed by atoms with E-state index in [1.807, 2.05) is 0 Å². The Bertz CT molecular complexity index is 787. The molecule has 3 aromatic rings. The molecule has 2 aromatic carbocycles. The molecule has 3 N–H and O–H groups in total. The molecule has 0 aliphatic rings. The van der Waals surface area contributed by atoms with Gasteiger partial charge in [0.2, 0.25) is 0 Å². The normalized spacial score (nSPS) is 10.7. The molecule has 0 amide bonds. The number of benzene rings is 2. The number of rotatable bonds is 2. The molecule has 0 bridgehead atoms. The first kappa shape index (κ1) is 12.3. The van der Waals surface area contributed by atoms with Crippen LogP contribution >= 0.6 is 0 Å². The first-order chi connectivity index (χ1) is 9.66. The lowest BCUT2D eigenvalue weighted by atomic mass is 10.1. The van der Waals surface area contributed by atoms with Crippen molar-refractivity contribution < 1.29 is 8.78 Å². The molecule has 0 spiro atoms. The smallest absolute Gasteiger partial charge is 0.150 e. The number of anilines is 3. The highest BCUT2D eigenvalue weighted by Crippen LogP contribution is 2.32. The van der Waals surface area contributed by atoms with E-state index in [1.165, 1.54) is 24.4 Å². The molecule has 1 heterocycles. The summed E-state index contributed by atoms with van der Waals surface area (Å²) in [6.07, 6.45) is 1.54. The highest BCUT2D eigenvalue weighted by atomic mass is 19.1. The Balaban J connectivity index is 2.19. The Morgan fingerprint density at radius 3 is 2.60 bits per heavy atom. The lowest BCUT2D eigenvalue weighted by Crippen LogP contribution is -2.00. The van der Waals surface area contributed by atoms with Crippen molar-refractivity contribution >= 4 is 28.0 Å². The number of para-hydroxylation sites is 1. The molecule has 0 saturated carbocycles. The fraction of sp³-hybridized carbons (Fsp3) is 0. The van der Waals surface area contributed by atoms with E-state index in [1.54, 1.807) is 24.3 Å². The number of hydrogen-bond donors (Lipinski definition) is 2. The Labute approximate surface area is 114 Å². The van der Waals surface area contributed by atoms with Gasteiger partial charge in [-0.2, -0.15) is 0 Å². The summed E-state index contributed by atoms with van der Waals surface area (Å²) in [4.78, 5) is 4.12. The SMILES string of the molecule is Nc1cc(F)c(Nc2ccccc2F)c2ncccc12. The van der Waals surface area contributed by atoms with Crippen LogP contribution in [0.2, 0.25) is 0 Å². The van der Waals surface area contributed by atoms with Crippen LogP contribution in [0.1, 0.15) is 0 Å². The van der Waals surface area contributed by atoms with Crippen LogP contribution in [0.25, 0.3) is 10.9 Å². The summed E-state index contributed by atoms with van der Waals surface area (Å²) in [5.74, 6) is -1.04. The van der Waals surface area contributed by atoms with Crippen molar-refractivity contribution in [3.63, 3.8) is 0 Å². The quantitative estimate of drug-likeness (QED) is 0.696. The second-order valence-electron chi connectivity index (χ2n) is 4.33. The fourth-order valence-corrected chi connectivity index (χ4v) is 2.05. The number of pyridine rings is 1. The van der Waals surface area contributed by atoms with E-state index in [-0.39, 0.29) is 11.4 Å². The van der Waals surface area contributed by atoms with Gasteiger partial charge in [-0.25, -0.2) is 8.78 Å². The van der Waals surface area contributed by atoms with Gasteiger partial charge in [0.05, 0.1) is 11.2 Å². The Kier molecular flexibility index (Phi) is 2.95. The standard InChI is InChI=1S/C15H11F2N3/c16-10-5-1-2-6-13(10)20-15-11(17)8-12(18)9-4-3-7-19-14(9)15/h1-8,20H,18H2. The molecule has 20 heavy (non-hydrogen) atoms. The van der Waals surface area contributed by atoms with Gasteiger partial charge in [0.25, 0.3) is 0 Å². The maximum absolute atomic E-state index is 14.1.